The first kappa shape index (κ1) is 17.6. The average molecular weight is 344 g/mol. The average Bonchev–Trinajstić information content (AvgIpc) is 3.14. The quantitative estimate of drug-likeness (QED) is 0.854. The fourth-order valence-electron chi connectivity index (χ4n) is 3.63. The summed E-state index contributed by atoms with van der Waals surface area (Å²) in [6.07, 6.45) is 5.37. The molecule has 3 rings (SSSR count). The van der Waals surface area contributed by atoms with Crippen molar-refractivity contribution in [1.29, 1.82) is 0 Å². The Labute approximate surface area is 149 Å². The zero-order valence-electron chi connectivity index (χ0n) is 14.7. The molecule has 2 saturated heterocycles. The van der Waals surface area contributed by atoms with Gasteiger partial charge in [0.15, 0.2) is 0 Å². The van der Waals surface area contributed by atoms with Gasteiger partial charge >= 0.3 is 6.03 Å². The second-order valence-electron chi connectivity index (χ2n) is 7.03. The summed E-state index contributed by atoms with van der Waals surface area (Å²) in [6.45, 7) is 3.93. The Morgan fingerprint density at radius 2 is 1.80 bits per heavy atom. The van der Waals surface area contributed by atoms with Crippen molar-refractivity contribution in [3.8, 4) is 0 Å². The van der Waals surface area contributed by atoms with E-state index in [1.165, 1.54) is 30.5 Å². The number of piperidine rings is 1. The molecule has 1 unspecified atom stereocenters. The molecule has 1 aromatic rings. The minimum atomic E-state index is -0.316. The van der Waals surface area contributed by atoms with E-state index in [4.69, 9.17) is 5.73 Å². The van der Waals surface area contributed by atoms with Gasteiger partial charge in [0.25, 0.3) is 0 Å². The van der Waals surface area contributed by atoms with Gasteiger partial charge in [0.1, 0.15) is 0 Å². The number of nitrogens with one attached hydrogen (secondary N) is 1. The van der Waals surface area contributed by atoms with Crippen molar-refractivity contribution in [2.45, 2.75) is 32.1 Å². The Morgan fingerprint density at radius 3 is 2.44 bits per heavy atom. The van der Waals surface area contributed by atoms with Crippen molar-refractivity contribution in [2.75, 3.05) is 37.6 Å². The fourth-order valence-corrected chi connectivity index (χ4v) is 3.63. The summed E-state index contributed by atoms with van der Waals surface area (Å²) < 4.78 is 0. The molecule has 25 heavy (non-hydrogen) atoms. The van der Waals surface area contributed by atoms with Crippen molar-refractivity contribution in [1.82, 2.24) is 10.2 Å². The van der Waals surface area contributed by atoms with Crippen molar-refractivity contribution in [3.05, 3.63) is 29.8 Å². The number of benzene rings is 1. The number of rotatable bonds is 5. The van der Waals surface area contributed by atoms with Crippen LogP contribution in [0, 0.1) is 5.92 Å². The Bertz CT molecular complexity index is 596. The standard InChI is InChI=1S/C19H28N4O2/c20-18(24)16-9-13-23(14-16)19(25)21-10-8-15-4-6-17(7-5-15)22-11-2-1-3-12-22/h4-7,16H,1-3,8-14H2,(H2,20,24)(H,21,25). The predicted molar refractivity (Wildman–Crippen MR) is 98.5 cm³/mol. The van der Waals surface area contributed by atoms with Crippen LogP contribution in [0.3, 0.4) is 0 Å². The van der Waals surface area contributed by atoms with E-state index in [1.807, 2.05) is 0 Å². The molecule has 0 spiro atoms. The number of likely N-dealkylation sites (tertiary alicyclic amines) is 1. The third-order valence-electron chi connectivity index (χ3n) is 5.23. The molecule has 1 atom stereocenters. The highest BCUT2D eigenvalue weighted by Gasteiger charge is 2.29. The predicted octanol–water partition coefficient (Wildman–Crippen LogP) is 1.74. The number of urea groups is 1. The number of hydrogen-bond acceptors (Lipinski definition) is 3. The van der Waals surface area contributed by atoms with Crippen LogP contribution < -0.4 is 16.0 Å². The lowest BCUT2D eigenvalue weighted by molar-refractivity contribution is -0.121. The van der Waals surface area contributed by atoms with Crippen LogP contribution in [0.15, 0.2) is 24.3 Å². The highest BCUT2D eigenvalue weighted by Crippen LogP contribution is 2.20. The van der Waals surface area contributed by atoms with Crippen molar-refractivity contribution in [2.24, 2.45) is 11.7 Å². The van der Waals surface area contributed by atoms with Gasteiger partial charge in [-0.05, 0) is 49.8 Å². The third-order valence-corrected chi connectivity index (χ3v) is 5.23. The van der Waals surface area contributed by atoms with Crippen molar-refractivity contribution < 1.29 is 9.59 Å². The van der Waals surface area contributed by atoms with Crippen LogP contribution in [0.1, 0.15) is 31.2 Å². The van der Waals surface area contributed by atoms with Crippen molar-refractivity contribution in [3.63, 3.8) is 0 Å². The number of amides is 3. The molecular weight excluding hydrogens is 316 g/mol. The topological polar surface area (TPSA) is 78.7 Å². The number of hydrogen-bond donors (Lipinski definition) is 2. The maximum absolute atomic E-state index is 12.1. The van der Waals surface area contributed by atoms with Gasteiger partial charge in [-0.25, -0.2) is 4.79 Å². The molecule has 0 saturated carbocycles. The highest BCUT2D eigenvalue weighted by atomic mass is 16.2. The van der Waals surface area contributed by atoms with Gasteiger partial charge < -0.3 is 20.9 Å². The lowest BCUT2D eigenvalue weighted by atomic mass is 10.1. The number of carbonyl (C=O) groups is 2. The third kappa shape index (κ3) is 4.65. The first-order chi connectivity index (χ1) is 12.1. The molecule has 0 bridgehead atoms. The van der Waals surface area contributed by atoms with Crippen LogP contribution in [0.25, 0.3) is 0 Å². The van der Waals surface area contributed by atoms with E-state index in [9.17, 15) is 9.59 Å². The van der Waals surface area contributed by atoms with Crippen molar-refractivity contribution >= 4 is 17.6 Å². The number of primary amides is 1. The van der Waals surface area contributed by atoms with Crippen LogP contribution in [-0.2, 0) is 11.2 Å². The second-order valence-corrected chi connectivity index (χ2v) is 7.03. The first-order valence-electron chi connectivity index (χ1n) is 9.29. The maximum atomic E-state index is 12.1. The second kappa shape index (κ2) is 8.23. The molecule has 6 nitrogen and oxygen atoms in total. The van der Waals surface area contributed by atoms with Crippen LogP contribution in [0.2, 0.25) is 0 Å². The van der Waals surface area contributed by atoms with E-state index in [0.29, 0.717) is 26.1 Å². The smallest absolute Gasteiger partial charge is 0.317 e. The number of carbonyl (C=O) groups excluding carboxylic acids is 2. The van der Waals surface area contributed by atoms with E-state index < -0.39 is 0 Å². The van der Waals surface area contributed by atoms with Gasteiger partial charge in [0.05, 0.1) is 5.92 Å². The Hall–Kier alpha value is -2.24. The fraction of sp³-hybridized carbons (Fsp3) is 0.579. The van der Waals surface area contributed by atoms with E-state index in [0.717, 1.165) is 19.5 Å². The summed E-state index contributed by atoms with van der Waals surface area (Å²) in [5, 5.41) is 2.94. The van der Waals surface area contributed by atoms with Crippen LogP contribution in [-0.4, -0.2) is 49.6 Å². The molecule has 2 fully saturated rings. The molecule has 0 radical (unpaired) electrons. The molecule has 6 heteroatoms. The Balaban J connectivity index is 1.41. The Kier molecular flexibility index (Phi) is 5.79. The monoisotopic (exact) mass is 344 g/mol. The summed E-state index contributed by atoms with van der Waals surface area (Å²) in [7, 11) is 0. The maximum Gasteiger partial charge on any atom is 0.317 e. The number of nitrogens with zero attached hydrogens (tertiary/aromatic N) is 2. The molecule has 2 heterocycles. The summed E-state index contributed by atoms with van der Waals surface area (Å²) in [6, 6.07) is 8.55. The van der Waals surface area contributed by atoms with Gasteiger partial charge in [-0.15, -0.1) is 0 Å². The van der Waals surface area contributed by atoms with Gasteiger partial charge in [-0.3, -0.25) is 4.79 Å². The normalized spacial score (nSPS) is 20.6. The van der Waals surface area contributed by atoms with Crippen LogP contribution in [0.5, 0.6) is 0 Å². The van der Waals surface area contributed by atoms with E-state index in [1.54, 1.807) is 4.90 Å². The molecule has 3 amide bonds. The molecule has 3 N–H and O–H groups in total. The van der Waals surface area contributed by atoms with Crippen LogP contribution in [0.4, 0.5) is 10.5 Å². The summed E-state index contributed by atoms with van der Waals surface area (Å²) in [5.74, 6) is -0.517. The number of anilines is 1. The summed E-state index contributed by atoms with van der Waals surface area (Å²) >= 11 is 0. The van der Waals surface area contributed by atoms with Gasteiger partial charge in [-0.2, -0.15) is 0 Å². The minimum Gasteiger partial charge on any atom is -0.372 e. The molecular formula is C19H28N4O2. The molecule has 0 aliphatic carbocycles. The molecule has 1 aromatic carbocycles. The van der Waals surface area contributed by atoms with E-state index in [-0.39, 0.29) is 17.9 Å². The van der Waals surface area contributed by atoms with Gasteiger partial charge in [0, 0.05) is 38.4 Å². The summed E-state index contributed by atoms with van der Waals surface area (Å²) in [5.41, 5.74) is 7.81. The molecule has 2 aliphatic rings. The summed E-state index contributed by atoms with van der Waals surface area (Å²) in [4.78, 5) is 27.4. The lowest BCUT2D eigenvalue weighted by Crippen LogP contribution is -2.40. The Morgan fingerprint density at radius 1 is 1.08 bits per heavy atom. The first-order valence-corrected chi connectivity index (χ1v) is 9.29. The SMILES string of the molecule is NC(=O)C1CCN(C(=O)NCCc2ccc(N3CCCCC3)cc2)C1. The van der Waals surface area contributed by atoms with Gasteiger partial charge in [0.2, 0.25) is 5.91 Å². The molecule has 2 aliphatic heterocycles. The zero-order chi connectivity index (χ0) is 17.6. The minimum absolute atomic E-state index is 0.103. The molecule has 0 aromatic heterocycles. The lowest BCUT2D eigenvalue weighted by Gasteiger charge is -2.28. The van der Waals surface area contributed by atoms with E-state index >= 15 is 0 Å². The highest BCUT2D eigenvalue weighted by molar-refractivity contribution is 5.80. The van der Waals surface area contributed by atoms with E-state index in [2.05, 4.69) is 34.5 Å². The zero-order valence-corrected chi connectivity index (χ0v) is 14.7. The van der Waals surface area contributed by atoms with Crippen LogP contribution >= 0.6 is 0 Å². The largest absolute Gasteiger partial charge is 0.372 e. The number of nitrogens with two attached hydrogens (primary N) is 1. The van der Waals surface area contributed by atoms with Gasteiger partial charge in [-0.1, -0.05) is 12.1 Å². The molecule has 136 valence electrons.